The molecule has 2 aromatic heterocycles. The number of benzene rings is 3. The maximum absolute atomic E-state index is 4.82. The Hall–Kier alpha value is -2.65. The van der Waals surface area contributed by atoms with E-state index in [4.69, 9.17) is 4.98 Å². The number of fused-ring (bicyclic) bond motifs is 4. The normalized spacial score (nSPS) is 11.6. The standard InChI is InChI=1S/C19H12N2S/c1-2-6-12(7-3-1)19-21-17-10-14-13-8-4-5-9-15(13)20-16(14)11-18(17)22-19/h1-11,20H. The summed E-state index contributed by atoms with van der Waals surface area (Å²) in [5.41, 5.74) is 4.61. The minimum atomic E-state index is 1.07. The smallest absolute Gasteiger partial charge is 0.124 e. The molecule has 0 radical (unpaired) electrons. The lowest BCUT2D eigenvalue weighted by atomic mass is 10.1. The van der Waals surface area contributed by atoms with Gasteiger partial charge in [-0.2, -0.15) is 0 Å². The van der Waals surface area contributed by atoms with Gasteiger partial charge in [0.2, 0.25) is 0 Å². The van der Waals surface area contributed by atoms with E-state index in [0.717, 1.165) is 10.5 Å². The number of nitrogens with zero attached hydrogens (tertiary/aromatic N) is 1. The summed E-state index contributed by atoms with van der Waals surface area (Å²) in [5, 5.41) is 3.58. The molecular formula is C19H12N2S. The van der Waals surface area contributed by atoms with Gasteiger partial charge in [0.25, 0.3) is 0 Å². The molecule has 22 heavy (non-hydrogen) atoms. The molecule has 1 N–H and O–H groups in total. The molecule has 0 unspecified atom stereocenters. The third-order valence-electron chi connectivity index (χ3n) is 4.04. The van der Waals surface area contributed by atoms with Gasteiger partial charge in [-0.05, 0) is 18.2 Å². The number of aromatic nitrogens is 2. The summed E-state index contributed by atoms with van der Waals surface area (Å²) in [6, 6.07) is 23.2. The third kappa shape index (κ3) is 1.69. The number of H-pyrrole nitrogens is 1. The molecule has 5 aromatic rings. The molecule has 0 aliphatic heterocycles. The van der Waals surface area contributed by atoms with Gasteiger partial charge in [-0.3, -0.25) is 0 Å². The number of hydrogen-bond acceptors (Lipinski definition) is 2. The minimum absolute atomic E-state index is 1.07. The molecule has 3 aromatic carbocycles. The van der Waals surface area contributed by atoms with Gasteiger partial charge in [0, 0.05) is 27.4 Å². The Labute approximate surface area is 131 Å². The Morgan fingerprint density at radius 1 is 0.773 bits per heavy atom. The fourth-order valence-electron chi connectivity index (χ4n) is 2.98. The van der Waals surface area contributed by atoms with Crippen molar-refractivity contribution < 1.29 is 0 Å². The van der Waals surface area contributed by atoms with Crippen molar-refractivity contribution in [2.75, 3.05) is 0 Å². The molecule has 0 spiro atoms. The topological polar surface area (TPSA) is 28.7 Å². The Bertz CT molecular complexity index is 1120. The van der Waals surface area contributed by atoms with E-state index >= 15 is 0 Å². The van der Waals surface area contributed by atoms with Crippen molar-refractivity contribution in [2.45, 2.75) is 0 Å². The highest BCUT2D eigenvalue weighted by Gasteiger charge is 2.10. The first-order valence-corrected chi connectivity index (χ1v) is 8.06. The Kier molecular flexibility index (Phi) is 2.40. The summed E-state index contributed by atoms with van der Waals surface area (Å²) in [6.45, 7) is 0. The lowest BCUT2D eigenvalue weighted by Gasteiger charge is -1.92. The zero-order chi connectivity index (χ0) is 14.5. The molecule has 3 heteroatoms. The fourth-order valence-corrected chi connectivity index (χ4v) is 3.97. The molecule has 0 amide bonds. The van der Waals surface area contributed by atoms with Gasteiger partial charge in [-0.1, -0.05) is 48.5 Å². The number of rotatable bonds is 1. The maximum atomic E-state index is 4.82. The van der Waals surface area contributed by atoms with Gasteiger partial charge in [-0.25, -0.2) is 4.98 Å². The number of aromatic amines is 1. The van der Waals surface area contributed by atoms with Crippen molar-refractivity contribution in [1.29, 1.82) is 0 Å². The maximum Gasteiger partial charge on any atom is 0.124 e. The van der Waals surface area contributed by atoms with Gasteiger partial charge in [-0.15, -0.1) is 11.3 Å². The average molecular weight is 300 g/mol. The number of nitrogens with one attached hydrogen (secondary N) is 1. The monoisotopic (exact) mass is 300 g/mol. The molecule has 0 atom stereocenters. The molecule has 104 valence electrons. The van der Waals surface area contributed by atoms with Crippen LogP contribution in [0.3, 0.4) is 0 Å². The molecule has 0 bridgehead atoms. The van der Waals surface area contributed by atoms with E-state index in [1.54, 1.807) is 11.3 Å². The second-order valence-electron chi connectivity index (χ2n) is 5.42. The molecule has 0 aliphatic carbocycles. The van der Waals surface area contributed by atoms with Crippen LogP contribution in [-0.4, -0.2) is 9.97 Å². The summed E-state index contributed by atoms with van der Waals surface area (Å²) < 4.78 is 1.22. The average Bonchev–Trinajstić information content (AvgIpc) is 3.14. The van der Waals surface area contributed by atoms with Crippen LogP contribution in [0.25, 0.3) is 42.6 Å². The highest BCUT2D eigenvalue weighted by Crippen LogP contribution is 2.34. The van der Waals surface area contributed by atoms with Gasteiger partial charge in [0.15, 0.2) is 0 Å². The van der Waals surface area contributed by atoms with Crippen molar-refractivity contribution in [3.63, 3.8) is 0 Å². The van der Waals surface area contributed by atoms with Crippen LogP contribution in [0.1, 0.15) is 0 Å². The first kappa shape index (κ1) is 12.0. The molecule has 0 saturated carbocycles. The van der Waals surface area contributed by atoms with Gasteiger partial charge in [0.1, 0.15) is 5.01 Å². The quantitative estimate of drug-likeness (QED) is 0.429. The van der Waals surface area contributed by atoms with Crippen LogP contribution in [-0.2, 0) is 0 Å². The van der Waals surface area contributed by atoms with Crippen LogP contribution in [0.4, 0.5) is 0 Å². The largest absolute Gasteiger partial charge is 0.354 e. The second kappa shape index (κ2) is 4.42. The highest BCUT2D eigenvalue weighted by atomic mass is 32.1. The molecule has 0 saturated heterocycles. The minimum Gasteiger partial charge on any atom is -0.354 e. The summed E-state index contributed by atoms with van der Waals surface area (Å²) in [4.78, 5) is 8.32. The van der Waals surface area contributed by atoms with E-state index in [9.17, 15) is 0 Å². The molecule has 2 heterocycles. The summed E-state index contributed by atoms with van der Waals surface area (Å²) >= 11 is 1.74. The van der Waals surface area contributed by atoms with E-state index in [0.29, 0.717) is 0 Å². The lowest BCUT2D eigenvalue weighted by Crippen LogP contribution is -1.74. The Morgan fingerprint density at radius 3 is 2.50 bits per heavy atom. The summed E-state index contributed by atoms with van der Waals surface area (Å²) in [6.07, 6.45) is 0. The van der Waals surface area contributed by atoms with E-state index < -0.39 is 0 Å². The van der Waals surface area contributed by atoms with Gasteiger partial charge in [0.05, 0.1) is 10.2 Å². The first-order valence-electron chi connectivity index (χ1n) is 7.25. The lowest BCUT2D eigenvalue weighted by molar-refractivity contribution is 1.48. The van der Waals surface area contributed by atoms with Crippen LogP contribution >= 0.6 is 11.3 Å². The molecule has 5 rings (SSSR count). The van der Waals surface area contributed by atoms with Gasteiger partial charge < -0.3 is 4.98 Å². The molecule has 0 aliphatic rings. The fraction of sp³-hybridized carbons (Fsp3) is 0. The molecule has 0 fully saturated rings. The van der Waals surface area contributed by atoms with Crippen LogP contribution in [0, 0.1) is 0 Å². The van der Waals surface area contributed by atoms with Gasteiger partial charge >= 0.3 is 0 Å². The van der Waals surface area contributed by atoms with Crippen LogP contribution in [0.2, 0.25) is 0 Å². The summed E-state index contributed by atoms with van der Waals surface area (Å²) in [5.74, 6) is 0. The number of thiazole rings is 1. The number of para-hydroxylation sites is 1. The predicted molar refractivity (Wildman–Crippen MR) is 94.4 cm³/mol. The van der Waals surface area contributed by atoms with Crippen molar-refractivity contribution in [3.8, 4) is 10.6 Å². The van der Waals surface area contributed by atoms with Crippen LogP contribution in [0.15, 0.2) is 66.7 Å². The molecule has 2 nitrogen and oxygen atoms in total. The van der Waals surface area contributed by atoms with E-state index in [1.165, 1.54) is 32.1 Å². The van der Waals surface area contributed by atoms with Crippen molar-refractivity contribution in [1.82, 2.24) is 9.97 Å². The van der Waals surface area contributed by atoms with E-state index in [2.05, 4.69) is 65.6 Å². The third-order valence-corrected chi connectivity index (χ3v) is 5.10. The van der Waals surface area contributed by atoms with Crippen LogP contribution < -0.4 is 0 Å². The zero-order valence-corrected chi connectivity index (χ0v) is 12.5. The van der Waals surface area contributed by atoms with Crippen molar-refractivity contribution in [3.05, 3.63) is 66.7 Å². The first-order chi connectivity index (χ1) is 10.9. The Morgan fingerprint density at radius 2 is 1.59 bits per heavy atom. The van der Waals surface area contributed by atoms with Crippen molar-refractivity contribution in [2.24, 2.45) is 0 Å². The second-order valence-corrected chi connectivity index (χ2v) is 6.45. The van der Waals surface area contributed by atoms with E-state index in [1.807, 2.05) is 6.07 Å². The molecular weight excluding hydrogens is 288 g/mol. The zero-order valence-electron chi connectivity index (χ0n) is 11.7. The van der Waals surface area contributed by atoms with Crippen LogP contribution in [0.5, 0.6) is 0 Å². The summed E-state index contributed by atoms with van der Waals surface area (Å²) in [7, 11) is 0. The highest BCUT2D eigenvalue weighted by molar-refractivity contribution is 7.21. The predicted octanol–water partition coefficient (Wildman–Crippen LogP) is 5.60. The van der Waals surface area contributed by atoms with E-state index in [-0.39, 0.29) is 0 Å². The SMILES string of the molecule is c1ccc(-c2nc3cc4c(cc3s2)[nH]c2ccccc24)cc1. The Balaban J connectivity index is 1.81. The number of hydrogen-bond donors (Lipinski definition) is 1. The van der Waals surface area contributed by atoms with Crippen molar-refractivity contribution >= 4 is 43.4 Å².